The van der Waals surface area contributed by atoms with Gasteiger partial charge >= 0.3 is 0 Å². The Bertz CT molecular complexity index is 306. The summed E-state index contributed by atoms with van der Waals surface area (Å²) in [5.41, 5.74) is 0. The summed E-state index contributed by atoms with van der Waals surface area (Å²) in [6, 6.07) is 2.05. The number of nitrogens with zero attached hydrogens (tertiary/aromatic N) is 3. The number of rotatable bonds is 7. The minimum atomic E-state index is 0.971. The summed E-state index contributed by atoms with van der Waals surface area (Å²) < 4.78 is 0. The van der Waals surface area contributed by atoms with Crippen LogP contribution in [0.4, 0.5) is 5.82 Å². The highest BCUT2D eigenvalue weighted by Crippen LogP contribution is 2.17. The summed E-state index contributed by atoms with van der Waals surface area (Å²) in [5, 5.41) is 4.19. The first kappa shape index (κ1) is 13.3. The maximum Gasteiger partial charge on any atom is 0.133 e. The predicted octanol–water partition coefficient (Wildman–Crippen LogP) is 1.63. The maximum absolute atomic E-state index is 4.33. The molecule has 0 aliphatic carbocycles. The van der Waals surface area contributed by atoms with Crippen molar-refractivity contribution in [3.63, 3.8) is 0 Å². The molecule has 1 aromatic rings. The van der Waals surface area contributed by atoms with E-state index < -0.39 is 0 Å². The fraction of sp³-hybridized carbons (Fsp3) is 0.636. The monoisotopic (exact) mass is 240 g/mol. The second-order valence-corrected chi connectivity index (χ2v) is 4.34. The van der Waals surface area contributed by atoms with Gasteiger partial charge in [-0.1, -0.05) is 6.92 Å². The van der Waals surface area contributed by atoms with Gasteiger partial charge in [0.05, 0.1) is 0 Å². The average Bonchev–Trinajstić information content (AvgIpc) is 2.34. The second-order valence-electron chi connectivity index (χ2n) is 3.51. The summed E-state index contributed by atoms with van der Waals surface area (Å²) >= 11 is 1.65. The van der Waals surface area contributed by atoms with E-state index in [9.17, 15) is 0 Å². The number of likely N-dealkylation sites (N-methyl/N-ethyl adjacent to an activating group) is 1. The molecule has 0 saturated heterocycles. The number of nitrogens with one attached hydrogen (secondary N) is 1. The number of hydrogen-bond donors (Lipinski definition) is 1. The summed E-state index contributed by atoms with van der Waals surface area (Å²) in [6.45, 7) is 5.17. The Morgan fingerprint density at radius 2 is 2.19 bits per heavy atom. The first-order valence-corrected chi connectivity index (χ1v) is 6.79. The zero-order valence-corrected chi connectivity index (χ0v) is 11.0. The lowest BCUT2D eigenvalue weighted by Gasteiger charge is -2.23. The molecule has 1 aromatic heterocycles. The molecule has 0 unspecified atom stereocenters. The van der Waals surface area contributed by atoms with Crippen molar-refractivity contribution < 1.29 is 0 Å². The van der Waals surface area contributed by atoms with Crippen molar-refractivity contribution >= 4 is 17.6 Å². The van der Waals surface area contributed by atoms with Crippen LogP contribution in [0.2, 0.25) is 0 Å². The maximum atomic E-state index is 4.33. The molecule has 0 bridgehead atoms. The van der Waals surface area contributed by atoms with Crippen molar-refractivity contribution in [1.29, 1.82) is 0 Å². The average molecular weight is 240 g/mol. The van der Waals surface area contributed by atoms with Crippen LogP contribution >= 0.6 is 11.8 Å². The van der Waals surface area contributed by atoms with Crippen LogP contribution < -0.4 is 10.2 Å². The molecule has 0 aliphatic heterocycles. The van der Waals surface area contributed by atoms with Gasteiger partial charge in [0.1, 0.15) is 17.2 Å². The van der Waals surface area contributed by atoms with E-state index in [0.29, 0.717) is 0 Å². The summed E-state index contributed by atoms with van der Waals surface area (Å²) in [7, 11) is 1.97. The first-order valence-electron chi connectivity index (χ1n) is 5.57. The minimum absolute atomic E-state index is 0.971. The van der Waals surface area contributed by atoms with E-state index in [1.807, 2.05) is 13.3 Å². The van der Waals surface area contributed by atoms with Gasteiger partial charge in [-0.3, -0.25) is 0 Å². The molecule has 90 valence electrons. The topological polar surface area (TPSA) is 41.0 Å². The fourth-order valence-corrected chi connectivity index (χ4v) is 1.85. The van der Waals surface area contributed by atoms with Crippen LogP contribution in [0.3, 0.4) is 0 Å². The molecule has 4 nitrogen and oxygen atoms in total. The van der Waals surface area contributed by atoms with Crippen molar-refractivity contribution in [2.75, 3.05) is 37.8 Å². The third-order valence-corrected chi connectivity index (χ3v) is 2.93. The molecule has 0 amide bonds. The van der Waals surface area contributed by atoms with Crippen molar-refractivity contribution in [3.8, 4) is 0 Å². The van der Waals surface area contributed by atoms with Gasteiger partial charge in [-0.15, -0.1) is 11.8 Å². The molecule has 16 heavy (non-hydrogen) atoms. The highest BCUT2D eigenvalue weighted by molar-refractivity contribution is 7.98. The van der Waals surface area contributed by atoms with Crippen LogP contribution in [-0.2, 0) is 0 Å². The number of anilines is 1. The van der Waals surface area contributed by atoms with Gasteiger partial charge in [0.2, 0.25) is 0 Å². The van der Waals surface area contributed by atoms with Gasteiger partial charge in [-0.25, -0.2) is 9.97 Å². The second kappa shape index (κ2) is 7.46. The smallest absolute Gasteiger partial charge is 0.133 e. The Labute approximate surface area is 102 Å². The largest absolute Gasteiger partial charge is 0.355 e. The molecule has 0 radical (unpaired) electrons. The molecular weight excluding hydrogens is 220 g/mol. The van der Waals surface area contributed by atoms with Crippen molar-refractivity contribution in [1.82, 2.24) is 15.3 Å². The lowest BCUT2D eigenvalue weighted by molar-refractivity contribution is 0.699. The van der Waals surface area contributed by atoms with Gasteiger partial charge in [0.25, 0.3) is 0 Å². The molecule has 1 heterocycles. The van der Waals surface area contributed by atoms with E-state index in [1.54, 1.807) is 18.1 Å². The van der Waals surface area contributed by atoms with Crippen molar-refractivity contribution in [2.24, 2.45) is 0 Å². The van der Waals surface area contributed by atoms with Gasteiger partial charge in [-0.05, 0) is 19.7 Å². The van der Waals surface area contributed by atoms with E-state index in [2.05, 4.69) is 33.2 Å². The van der Waals surface area contributed by atoms with Crippen LogP contribution in [0.15, 0.2) is 17.4 Å². The van der Waals surface area contributed by atoms with Gasteiger partial charge in [-0.2, -0.15) is 0 Å². The quantitative estimate of drug-likeness (QED) is 0.579. The number of aromatic nitrogens is 2. The van der Waals surface area contributed by atoms with Gasteiger partial charge < -0.3 is 10.2 Å². The van der Waals surface area contributed by atoms with Gasteiger partial charge in [0.15, 0.2) is 0 Å². The molecule has 5 heteroatoms. The Balaban J connectivity index is 2.73. The summed E-state index contributed by atoms with van der Waals surface area (Å²) in [4.78, 5) is 10.8. The van der Waals surface area contributed by atoms with E-state index in [4.69, 9.17) is 0 Å². The SMILES string of the molecule is CCCN(CCNC)c1cc(SC)ncn1. The molecule has 0 aromatic carbocycles. The van der Waals surface area contributed by atoms with Crippen LogP contribution in [-0.4, -0.2) is 42.9 Å². The van der Waals surface area contributed by atoms with Crippen LogP contribution in [0, 0.1) is 0 Å². The lowest BCUT2D eigenvalue weighted by Crippen LogP contribution is -2.32. The Hall–Kier alpha value is -0.810. The Kier molecular flexibility index (Phi) is 6.18. The molecule has 1 N–H and O–H groups in total. The summed E-state index contributed by atoms with van der Waals surface area (Å²) in [5.74, 6) is 1.02. The highest BCUT2D eigenvalue weighted by Gasteiger charge is 2.07. The molecule has 0 spiro atoms. The highest BCUT2D eigenvalue weighted by atomic mass is 32.2. The molecule has 0 aliphatic rings. The normalized spacial score (nSPS) is 10.4. The van der Waals surface area contributed by atoms with E-state index in [-0.39, 0.29) is 0 Å². The standard InChI is InChI=1S/C11H20N4S/c1-4-6-15(7-5-12-2)10-8-11(16-3)14-9-13-10/h8-9,12H,4-7H2,1-3H3. The summed E-state index contributed by atoms with van der Waals surface area (Å²) in [6.07, 6.45) is 4.80. The van der Waals surface area contributed by atoms with E-state index in [0.717, 1.165) is 36.9 Å². The third-order valence-electron chi connectivity index (χ3n) is 2.29. The van der Waals surface area contributed by atoms with Crippen LogP contribution in [0.25, 0.3) is 0 Å². The molecule has 0 saturated carbocycles. The predicted molar refractivity (Wildman–Crippen MR) is 70.2 cm³/mol. The number of hydrogen-bond acceptors (Lipinski definition) is 5. The Morgan fingerprint density at radius 1 is 1.38 bits per heavy atom. The third kappa shape index (κ3) is 3.98. The minimum Gasteiger partial charge on any atom is -0.355 e. The van der Waals surface area contributed by atoms with E-state index in [1.165, 1.54) is 0 Å². The zero-order chi connectivity index (χ0) is 11.8. The van der Waals surface area contributed by atoms with Crippen LogP contribution in [0.1, 0.15) is 13.3 Å². The number of thioether (sulfide) groups is 1. The van der Waals surface area contributed by atoms with Crippen molar-refractivity contribution in [3.05, 3.63) is 12.4 Å². The first-order chi connectivity index (χ1) is 7.81. The molecular formula is C11H20N4S. The lowest BCUT2D eigenvalue weighted by atomic mass is 10.4. The molecule has 1 rings (SSSR count). The van der Waals surface area contributed by atoms with Crippen molar-refractivity contribution in [2.45, 2.75) is 18.4 Å². The van der Waals surface area contributed by atoms with Gasteiger partial charge in [0, 0.05) is 25.7 Å². The zero-order valence-electron chi connectivity index (χ0n) is 10.2. The molecule has 0 fully saturated rings. The fourth-order valence-electron chi connectivity index (χ4n) is 1.47. The molecule has 0 atom stereocenters. The Morgan fingerprint density at radius 3 is 2.81 bits per heavy atom. The van der Waals surface area contributed by atoms with E-state index >= 15 is 0 Å². The van der Waals surface area contributed by atoms with Crippen LogP contribution in [0.5, 0.6) is 0 Å².